The molecular weight excluding hydrogens is 220 g/mol. The number of aromatic nitrogens is 2. The van der Waals surface area contributed by atoms with Crippen molar-refractivity contribution in [2.45, 2.75) is 6.61 Å². The van der Waals surface area contributed by atoms with Crippen molar-refractivity contribution in [2.24, 2.45) is 0 Å². The monoisotopic (exact) mass is 228 g/mol. The summed E-state index contributed by atoms with van der Waals surface area (Å²) in [5.41, 5.74) is 3.31. The van der Waals surface area contributed by atoms with Crippen LogP contribution in [0.15, 0.2) is 35.8 Å². The van der Waals surface area contributed by atoms with E-state index in [0.29, 0.717) is 6.61 Å². The summed E-state index contributed by atoms with van der Waals surface area (Å²) in [6.07, 6.45) is 2.04. The van der Waals surface area contributed by atoms with Gasteiger partial charge >= 0.3 is 0 Å². The number of nitrogens with zero attached hydrogens (tertiary/aromatic N) is 2. The molecule has 3 heterocycles. The van der Waals surface area contributed by atoms with E-state index >= 15 is 0 Å². The number of fused-ring (bicyclic) bond motifs is 5. The molecule has 4 rings (SSSR count). The van der Waals surface area contributed by atoms with E-state index in [4.69, 9.17) is 4.74 Å². The first kappa shape index (κ1) is 8.35. The summed E-state index contributed by atoms with van der Waals surface area (Å²) in [5, 5.41) is 2.04. The van der Waals surface area contributed by atoms with Crippen LogP contribution in [0.2, 0.25) is 0 Å². The van der Waals surface area contributed by atoms with E-state index in [9.17, 15) is 0 Å². The van der Waals surface area contributed by atoms with Crippen molar-refractivity contribution in [3.05, 3.63) is 41.5 Å². The highest BCUT2D eigenvalue weighted by Crippen LogP contribution is 2.37. The number of thiazole rings is 1. The molecule has 2 aromatic heterocycles. The van der Waals surface area contributed by atoms with Crippen LogP contribution in [0.1, 0.15) is 5.69 Å². The summed E-state index contributed by atoms with van der Waals surface area (Å²) in [6.45, 7) is 0.601. The predicted octanol–water partition coefficient (Wildman–Crippen LogP) is 2.96. The van der Waals surface area contributed by atoms with E-state index in [1.165, 1.54) is 0 Å². The van der Waals surface area contributed by atoms with E-state index in [-0.39, 0.29) is 0 Å². The van der Waals surface area contributed by atoms with Gasteiger partial charge in [0.05, 0.1) is 5.69 Å². The van der Waals surface area contributed by atoms with Crippen LogP contribution < -0.4 is 4.74 Å². The first-order valence-electron chi connectivity index (χ1n) is 5.10. The maximum atomic E-state index is 5.73. The van der Waals surface area contributed by atoms with E-state index in [1.807, 2.05) is 29.8 Å². The first-order chi connectivity index (χ1) is 7.93. The van der Waals surface area contributed by atoms with Gasteiger partial charge < -0.3 is 4.74 Å². The maximum absolute atomic E-state index is 5.73. The number of rotatable bonds is 0. The van der Waals surface area contributed by atoms with Crippen LogP contribution in [-0.2, 0) is 6.61 Å². The van der Waals surface area contributed by atoms with Gasteiger partial charge in [0.15, 0.2) is 4.96 Å². The second kappa shape index (κ2) is 2.86. The fourth-order valence-corrected chi connectivity index (χ4v) is 2.85. The van der Waals surface area contributed by atoms with Crippen molar-refractivity contribution in [2.75, 3.05) is 0 Å². The lowest BCUT2D eigenvalue weighted by Crippen LogP contribution is -2.06. The topological polar surface area (TPSA) is 26.5 Å². The highest BCUT2D eigenvalue weighted by atomic mass is 32.1. The molecule has 1 aliphatic rings. The van der Waals surface area contributed by atoms with Gasteiger partial charge in [-0.2, -0.15) is 0 Å². The van der Waals surface area contributed by atoms with Gasteiger partial charge in [0.25, 0.3) is 0 Å². The smallest absolute Gasteiger partial charge is 0.194 e. The Morgan fingerprint density at radius 1 is 1.31 bits per heavy atom. The lowest BCUT2D eigenvalue weighted by molar-refractivity contribution is 0.296. The Bertz CT molecular complexity index is 683. The Hall–Kier alpha value is -1.81. The van der Waals surface area contributed by atoms with Gasteiger partial charge in [-0.15, -0.1) is 11.3 Å². The average Bonchev–Trinajstić information content (AvgIpc) is 2.88. The van der Waals surface area contributed by atoms with Crippen LogP contribution in [0.25, 0.3) is 16.2 Å². The molecule has 3 nitrogen and oxygen atoms in total. The standard InChI is InChI=1S/C12H8N2OS/c1-2-4-10-8(3-1)11-9(7-15-10)14-5-6-16-12(14)13-11/h1-6H,7H2. The minimum atomic E-state index is 0.601. The summed E-state index contributed by atoms with van der Waals surface area (Å²) < 4.78 is 7.84. The molecule has 0 fully saturated rings. The van der Waals surface area contributed by atoms with E-state index in [2.05, 4.69) is 15.5 Å². The third-order valence-corrected chi connectivity index (χ3v) is 3.62. The van der Waals surface area contributed by atoms with Gasteiger partial charge in [-0.25, -0.2) is 4.98 Å². The molecule has 0 unspecified atom stereocenters. The molecule has 0 spiro atoms. The first-order valence-corrected chi connectivity index (χ1v) is 5.98. The Morgan fingerprint density at radius 3 is 3.25 bits per heavy atom. The molecule has 0 amide bonds. The highest BCUT2D eigenvalue weighted by molar-refractivity contribution is 7.15. The van der Waals surface area contributed by atoms with Gasteiger partial charge in [-0.1, -0.05) is 12.1 Å². The molecule has 4 heteroatoms. The van der Waals surface area contributed by atoms with Crippen LogP contribution in [0.5, 0.6) is 5.75 Å². The third kappa shape index (κ3) is 0.945. The normalized spacial score (nSPS) is 13.2. The van der Waals surface area contributed by atoms with Crippen molar-refractivity contribution < 1.29 is 4.74 Å². The zero-order valence-electron chi connectivity index (χ0n) is 8.38. The van der Waals surface area contributed by atoms with Crippen molar-refractivity contribution >= 4 is 16.3 Å². The van der Waals surface area contributed by atoms with Crippen molar-refractivity contribution in [1.29, 1.82) is 0 Å². The summed E-state index contributed by atoms with van der Waals surface area (Å²) in [5.74, 6) is 0.931. The minimum absolute atomic E-state index is 0.601. The molecule has 0 saturated carbocycles. The number of benzene rings is 1. The molecule has 3 aromatic rings. The number of ether oxygens (including phenoxy) is 1. The molecule has 0 aliphatic carbocycles. The number of para-hydroxylation sites is 1. The van der Waals surface area contributed by atoms with Gasteiger partial charge in [0.1, 0.15) is 18.1 Å². The molecule has 0 radical (unpaired) electrons. The Labute approximate surface area is 95.9 Å². The van der Waals surface area contributed by atoms with Crippen molar-refractivity contribution in [3.8, 4) is 17.0 Å². The van der Waals surface area contributed by atoms with Crippen LogP contribution in [0.4, 0.5) is 0 Å². The summed E-state index contributed by atoms with van der Waals surface area (Å²) >= 11 is 1.65. The molecule has 0 bridgehead atoms. The summed E-state index contributed by atoms with van der Waals surface area (Å²) in [7, 11) is 0. The van der Waals surface area contributed by atoms with Crippen molar-refractivity contribution in [3.63, 3.8) is 0 Å². The number of imidazole rings is 1. The molecule has 1 aromatic carbocycles. The van der Waals surface area contributed by atoms with E-state index in [0.717, 1.165) is 27.7 Å². The largest absolute Gasteiger partial charge is 0.487 e. The minimum Gasteiger partial charge on any atom is -0.487 e. The third-order valence-electron chi connectivity index (χ3n) is 2.87. The molecule has 78 valence electrons. The second-order valence-electron chi connectivity index (χ2n) is 3.75. The van der Waals surface area contributed by atoms with E-state index < -0.39 is 0 Å². The molecular formula is C12H8N2OS. The van der Waals surface area contributed by atoms with Crippen LogP contribution in [-0.4, -0.2) is 9.38 Å². The van der Waals surface area contributed by atoms with E-state index in [1.54, 1.807) is 11.3 Å². The maximum Gasteiger partial charge on any atom is 0.194 e. The molecule has 16 heavy (non-hydrogen) atoms. The van der Waals surface area contributed by atoms with Crippen LogP contribution in [0, 0.1) is 0 Å². The molecule has 0 atom stereocenters. The zero-order chi connectivity index (χ0) is 10.5. The highest BCUT2D eigenvalue weighted by Gasteiger charge is 2.22. The second-order valence-corrected chi connectivity index (χ2v) is 4.62. The zero-order valence-corrected chi connectivity index (χ0v) is 9.20. The Morgan fingerprint density at radius 2 is 2.25 bits per heavy atom. The average molecular weight is 228 g/mol. The summed E-state index contributed by atoms with van der Waals surface area (Å²) in [4.78, 5) is 5.69. The SMILES string of the molecule is c1ccc2c(c1)OCc1c-2nc2sccn12. The Balaban J connectivity index is 2.10. The van der Waals surface area contributed by atoms with Gasteiger partial charge in [-0.05, 0) is 12.1 Å². The van der Waals surface area contributed by atoms with Crippen molar-refractivity contribution in [1.82, 2.24) is 9.38 Å². The number of hydrogen-bond donors (Lipinski definition) is 0. The molecule has 0 N–H and O–H groups in total. The van der Waals surface area contributed by atoms with Gasteiger partial charge in [-0.3, -0.25) is 4.40 Å². The van der Waals surface area contributed by atoms with Crippen LogP contribution >= 0.6 is 11.3 Å². The van der Waals surface area contributed by atoms with Gasteiger partial charge in [0, 0.05) is 17.1 Å². The van der Waals surface area contributed by atoms with Gasteiger partial charge in [0.2, 0.25) is 0 Å². The lowest BCUT2D eigenvalue weighted by atomic mass is 10.1. The molecule has 0 saturated heterocycles. The Kier molecular flexibility index (Phi) is 1.49. The predicted molar refractivity (Wildman–Crippen MR) is 62.8 cm³/mol. The fraction of sp³-hybridized carbons (Fsp3) is 0.0833. The fourth-order valence-electron chi connectivity index (χ4n) is 2.12. The van der Waals surface area contributed by atoms with Crippen LogP contribution in [0.3, 0.4) is 0 Å². The molecule has 1 aliphatic heterocycles. The summed E-state index contributed by atoms with van der Waals surface area (Å²) in [6, 6.07) is 8.06. The lowest BCUT2D eigenvalue weighted by Gasteiger charge is -2.16. The quantitative estimate of drug-likeness (QED) is 0.591. The number of hydrogen-bond acceptors (Lipinski definition) is 3.